The Morgan fingerprint density at radius 3 is 2.11 bits per heavy atom. The van der Waals surface area contributed by atoms with Crippen molar-refractivity contribution in [3.8, 4) is 0 Å². The van der Waals surface area contributed by atoms with E-state index in [9.17, 15) is 4.39 Å². The minimum absolute atomic E-state index is 0. The van der Waals surface area contributed by atoms with E-state index in [1.165, 1.54) is 12.1 Å². The monoisotopic (exact) mass is 287 g/mol. The molecule has 19 heavy (non-hydrogen) atoms. The molecular weight excluding hydrogens is 267 g/mol. The highest BCUT2D eigenvalue weighted by atomic mass is 35.5. The van der Waals surface area contributed by atoms with Crippen LogP contribution in [-0.4, -0.2) is 25.4 Å². The van der Waals surface area contributed by atoms with E-state index >= 15 is 0 Å². The van der Waals surface area contributed by atoms with Gasteiger partial charge in [-0.15, -0.1) is 12.4 Å². The lowest BCUT2D eigenvalue weighted by atomic mass is 9.78. The number of hydrogen-bond acceptors (Lipinski definition) is 3. The molecule has 0 saturated carbocycles. The minimum atomic E-state index is -0.474. The smallest absolute Gasteiger partial charge is 0.399 e. The molecule has 1 aliphatic heterocycles. The third kappa shape index (κ3) is 2.88. The zero-order chi connectivity index (χ0) is 13.6. The lowest BCUT2D eigenvalue weighted by Gasteiger charge is -2.32. The van der Waals surface area contributed by atoms with Gasteiger partial charge in [0, 0.05) is 18.2 Å². The Morgan fingerprint density at radius 2 is 1.63 bits per heavy atom. The van der Waals surface area contributed by atoms with Crippen LogP contribution in [0.5, 0.6) is 0 Å². The number of benzene rings is 1. The van der Waals surface area contributed by atoms with E-state index in [1.54, 1.807) is 13.1 Å². The van der Waals surface area contributed by atoms with Crippen LogP contribution in [-0.2, 0) is 9.31 Å². The van der Waals surface area contributed by atoms with Crippen molar-refractivity contribution in [3.05, 3.63) is 24.0 Å². The fourth-order valence-electron chi connectivity index (χ4n) is 1.92. The van der Waals surface area contributed by atoms with Crippen LogP contribution in [0.4, 0.5) is 10.1 Å². The zero-order valence-electron chi connectivity index (χ0n) is 11.9. The molecule has 1 N–H and O–H groups in total. The molecule has 3 nitrogen and oxygen atoms in total. The molecular formula is C13H20BClFNO2. The molecule has 1 aromatic rings. The zero-order valence-corrected chi connectivity index (χ0v) is 12.7. The summed E-state index contributed by atoms with van der Waals surface area (Å²) in [6.07, 6.45) is 0. The maximum absolute atomic E-state index is 13.2. The molecule has 1 heterocycles. The highest BCUT2D eigenvalue weighted by molar-refractivity contribution is 6.63. The van der Waals surface area contributed by atoms with E-state index in [0.29, 0.717) is 5.69 Å². The van der Waals surface area contributed by atoms with Crippen molar-refractivity contribution in [1.82, 2.24) is 0 Å². The highest BCUT2D eigenvalue weighted by Crippen LogP contribution is 2.36. The van der Waals surface area contributed by atoms with E-state index in [-0.39, 0.29) is 18.2 Å². The van der Waals surface area contributed by atoms with Crippen LogP contribution in [0.15, 0.2) is 18.2 Å². The molecule has 0 aliphatic carbocycles. The summed E-state index contributed by atoms with van der Waals surface area (Å²) in [4.78, 5) is 0. The van der Waals surface area contributed by atoms with Gasteiger partial charge in [0.25, 0.3) is 0 Å². The molecule has 0 bridgehead atoms. The second-order valence-corrected chi connectivity index (χ2v) is 5.57. The molecule has 0 atom stereocenters. The molecule has 2 rings (SSSR count). The molecule has 1 aliphatic rings. The molecule has 1 fully saturated rings. The van der Waals surface area contributed by atoms with Gasteiger partial charge in [-0.1, -0.05) is 6.07 Å². The first-order valence-corrected chi connectivity index (χ1v) is 6.10. The molecule has 1 aromatic carbocycles. The summed E-state index contributed by atoms with van der Waals surface area (Å²) in [5, 5.41) is 2.97. The van der Waals surface area contributed by atoms with Crippen LogP contribution in [0.25, 0.3) is 0 Å². The Balaban J connectivity index is 0.00000180. The molecule has 0 amide bonds. The van der Waals surface area contributed by atoms with Crippen LogP contribution >= 0.6 is 12.4 Å². The average molecular weight is 288 g/mol. The van der Waals surface area contributed by atoms with Gasteiger partial charge in [-0.05, 0) is 39.8 Å². The fourth-order valence-corrected chi connectivity index (χ4v) is 1.92. The number of hydrogen-bond donors (Lipinski definition) is 1. The fraction of sp³-hybridized carbons (Fsp3) is 0.538. The Hall–Kier alpha value is -0.775. The van der Waals surface area contributed by atoms with Crippen LogP contribution in [0.2, 0.25) is 0 Å². The Morgan fingerprint density at radius 1 is 1.11 bits per heavy atom. The number of nitrogens with one attached hydrogen (secondary N) is 1. The molecule has 0 radical (unpaired) electrons. The van der Waals surface area contributed by atoms with Crippen LogP contribution in [0.3, 0.4) is 0 Å². The predicted octanol–water partition coefficient (Wildman–Crippen LogP) is 2.59. The maximum atomic E-state index is 13.2. The molecule has 0 unspecified atom stereocenters. The van der Waals surface area contributed by atoms with E-state index in [2.05, 4.69) is 5.32 Å². The topological polar surface area (TPSA) is 30.5 Å². The van der Waals surface area contributed by atoms with Gasteiger partial charge in [-0.3, -0.25) is 0 Å². The second kappa shape index (κ2) is 5.31. The van der Waals surface area contributed by atoms with Crippen LogP contribution < -0.4 is 10.8 Å². The van der Waals surface area contributed by atoms with Crippen molar-refractivity contribution in [1.29, 1.82) is 0 Å². The predicted molar refractivity (Wildman–Crippen MR) is 78.9 cm³/mol. The van der Waals surface area contributed by atoms with Crippen molar-refractivity contribution < 1.29 is 13.7 Å². The van der Waals surface area contributed by atoms with Gasteiger partial charge in [-0.2, -0.15) is 0 Å². The summed E-state index contributed by atoms with van der Waals surface area (Å²) in [5.74, 6) is -0.278. The quantitative estimate of drug-likeness (QED) is 0.848. The summed E-state index contributed by atoms with van der Waals surface area (Å²) >= 11 is 0. The Bertz CT molecular complexity index is 452. The number of rotatable bonds is 2. The lowest BCUT2D eigenvalue weighted by molar-refractivity contribution is 0.00578. The van der Waals surface area contributed by atoms with Crippen molar-refractivity contribution in [3.63, 3.8) is 0 Å². The summed E-state index contributed by atoms with van der Waals surface area (Å²) in [5.41, 5.74) is 0.722. The van der Waals surface area contributed by atoms with Gasteiger partial charge in [-0.25, -0.2) is 4.39 Å². The largest absolute Gasteiger partial charge is 0.496 e. The second-order valence-electron chi connectivity index (χ2n) is 5.57. The lowest BCUT2D eigenvalue weighted by Crippen LogP contribution is -2.41. The van der Waals surface area contributed by atoms with E-state index in [1.807, 2.05) is 27.7 Å². The standard InChI is InChI=1S/C13H19BFNO2.ClH/c1-12(2)13(3,4)18-14(17-12)10-7-6-9(15)8-11(10)16-5;/h6-8,16H,1-5H3;1H. The summed E-state index contributed by atoms with van der Waals surface area (Å²) < 4.78 is 25.1. The van der Waals surface area contributed by atoms with Crippen molar-refractivity contribution >= 4 is 30.7 Å². The van der Waals surface area contributed by atoms with Crippen LogP contribution in [0, 0.1) is 5.82 Å². The van der Waals surface area contributed by atoms with Crippen molar-refractivity contribution in [2.45, 2.75) is 38.9 Å². The SMILES string of the molecule is CNc1cc(F)ccc1B1OC(C)(C)C(C)(C)O1.Cl. The van der Waals surface area contributed by atoms with E-state index in [4.69, 9.17) is 9.31 Å². The third-order valence-electron chi connectivity index (χ3n) is 3.79. The maximum Gasteiger partial charge on any atom is 0.496 e. The first kappa shape index (κ1) is 16.3. The van der Waals surface area contributed by atoms with E-state index < -0.39 is 18.3 Å². The Labute approximate surface area is 120 Å². The summed E-state index contributed by atoms with van der Waals surface area (Å²) in [6, 6.07) is 4.56. The van der Waals surface area contributed by atoms with Gasteiger partial charge < -0.3 is 14.6 Å². The first-order valence-electron chi connectivity index (χ1n) is 6.10. The summed E-state index contributed by atoms with van der Waals surface area (Å²) in [7, 11) is 1.28. The van der Waals surface area contributed by atoms with Crippen LogP contribution in [0.1, 0.15) is 27.7 Å². The third-order valence-corrected chi connectivity index (χ3v) is 3.79. The Kier molecular flexibility index (Phi) is 4.55. The van der Waals surface area contributed by atoms with E-state index in [0.717, 1.165) is 5.46 Å². The van der Waals surface area contributed by atoms with Gasteiger partial charge in [0.1, 0.15) is 5.82 Å². The number of anilines is 1. The molecule has 1 saturated heterocycles. The van der Waals surface area contributed by atoms with Gasteiger partial charge in [0.05, 0.1) is 11.2 Å². The van der Waals surface area contributed by atoms with Crippen molar-refractivity contribution in [2.75, 3.05) is 12.4 Å². The minimum Gasteiger partial charge on any atom is -0.399 e. The average Bonchev–Trinajstić information content (AvgIpc) is 2.47. The van der Waals surface area contributed by atoms with Crippen molar-refractivity contribution in [2.24, 2.45) is 0 Å². The normalized spacial score (nSPS) is 20.0. The number of halogens is 2. The molecule has 0 aromatic heterocycles. The molecule has 0 spiro atoms. The molecule has 6 heteroatoms. The van der Waals surface area contributed by atoms with Gasteiger partial charge in [0.15, 0.2) is 0 Å². The first-order chi connectivity index (χ1) is 8.27. The van der Waals surface area contributed by atoms with Gasteiger partial charge in [0.2, 0.25) is 0 Å². The molecule has 106 valence electrons. The summed E-state index contributed by atoms with van der Waals surface area (Å²) in [6.45, 7) is 7.98. The van der Waals surface area contributed by atoms with Gasteiger partial charge >= 0.3 is 7.12 Å². The highest BCUT2D eigenvalue weighted by Gasteiger charge is 2.52.